The molecule has 1 saturated heterocycles. The van der Waals surface area contributed by atoms with E-state index >= 15 is 0 Å². The number of ketones is 1. The predicted octanol–water partition coefficient (Wildman–Crippen LogP) is 3.11. The topological polar surface area (TPSA) is 23.6 Å². The van der Waals surface area contributed by atoms with Crippen molar-refractivity contribution >= 4 is 33.0 Å². The van der Waals surface area contributed by atoms with Crippen LogP contribution in [0.2, 0.25) is 0 Å². The first kappa shape index (κ1) is 15.2. The summed E-state index contributed by atoms with van der Waals surface area (Å²) in [6.45, 7) is 5.99. The van der Waals surface area contributed by atoms with E-state index in [4.69, 9.17) is 0 Å². The molecule has 2 heterocycles. The van der Waals surface area contributed by atoms with Crippen LogP contribution in [0.15, 0.2) is 15.9 Å². The van der Waals surface area contributed by atoms with Gasteiger partial charge in [0.1, 0.15) is 0 Å². The van der Waals surface area contributed by atoms with Gasteiger partial charge in [-0.25, -0.2) is 0 Å². The summed E-state index contributed by atoms with van der Waals surface area (Å²) in [5.74, 6) is 0.249. The fourth-order valence-corrected chi connectivity index (χ4v) is 3.93. The lowest BCUT2D eigenvalue weighted by molar-refractivity contribution is 0.0892. The zero-order chi connectivity index (χ0) is 13.8. The molecule has 5 heteroatoms. The lowest BCUT2D eigenvalue weighted by Crippen LogP contribution is -2.42. The zero-order valence-corrected chi connectivity index (χ0v) is 14.0. The molecular formula is C14H21BrN2OS. The Morgan fingerprint density at radius 1 is 1.47 bits per heavy atom. The van der Waals surface area contributed by atoms with Gasteiger partial charge in [0.25, 0.3) is 0 Å². The minimum absolute atomic E-state index is 0.249. The molecule has 106 valence electrons. The van der Waals surface area contributed by atoms with Gasteiger partial charge in [-0.1, -0.05) is 6.92 Å². The van der Waals surface area contributed by atoms with Crippen LogP contribution in [-0.2, 0) is 0 Å². The highest BCUT2D eigenvalue weighted by Gasteiger charge is 2.24. The monoisotopic (exact) mass is 344 g/mol. The van der Waals surface area contributed by atoms with Crippen molar-refractivity contribution < 1.29 is 4.79 Å². The lowest BCUT2D eigenvalue weighted by Gasteiger charge is -2.29. The summed E-state index contributed by atoms with van der Waals surface area (Å²) in [6, 6.07) is 4.37. The van der Waals surface area contributed by atoms with E-state index in [0.29, 0.717) is 12.6 Å². The van der Waals surface area contributed by atoms with Crippen LogP contribution in [-0.4, -0.2) is 54.9 Å². The first-order chi connectivity index (χ1) is 9.10. The summed E-state index contributed by atoms with van der Waals surface area (Å²) in [5, 5.41) is 0. The smallest absolute Gasteiger partial charge is 0.186 e. The van der Waals surface area contributed by atoms with Crippen LogP contribution < -0.4 is 0 Å². The number of nitrogens with zero attached hydrogens (tertiary/aromatic N) is 2. The molecule has 2 rings (SSSR count). The second-order valence-electron chi connectivity index (χ2n) is 5.18. The quantitative estimate of drug-likeness (QED) is 0.784. The molecule has 0 saturated carbocycles. The maximum absolute atomic E-state index is 12.3. The zero-order valence-electron chi connectivity index (χ0n) is 11.6. The van der Waals surface area contributed by atoms with E-state index in [2.05, 4.69) is 39.7 Å². The molecule has 0 amide bonds. The number of rotatable bonds is 4. The molecule has 0 aliphatic carbocycles. The highest BCUT2D eigenvalue weighted by atomic mass is 79.9. The van der Waals surface area contributed by atoms with Crippen LogP contribution in [0.25, 0.3) is 0 Å². The van der Waals surface area contributed by atoms with Crippen LogP contribution in [0.5, 0.6) is 0 Å². The van der Waals surface area contributed by atoms with Crippen LogP contribution >= 0.6 is 27.3 Å². The summed E-state index contributed by atoms with van der Waals surface area (Å²) in [6.07, 6.45) is 2.25. The number of thiophene rings is 1. The Hall–Kier alpha value is -0.230. The van der Waals surface area contributed by atoms with Gasteiger partial charge in [-0.3, -0.25) is 9.69 Å². The molecule has 1 aliphatic rings. The summed E-state index contributed by atoms with van der Waals surface area (Å²) in [7, 11) is 2.17. The van der Waals surface area contributed by atoms with Crippen LogP contribution in [0.4, 0.5) is 0 Å². The maximum atomic E-state index is 12.3. The summed E-state index contributed by atoms with van der Waals surface area (Å²) < 4.78 is 1.03. The van der Waals surface area contributed by atoms with Crippen LogP contribution in [0.3, 0.4) is 0 Å². The molecule has 0 bridgehead atoms. The normalized spacial score (nSPS) is 22.4. The summed E-state index contributed by atoms with van der Waals surface area (Å²) >= 11 is 4.95. The molecule has 0 aromatic carbocycles. The van der Waals surface area contributed by atoms with Gasteiger partial charge in [-0.05, 0) is 54.5 Å². The van der Waals surface area contributed by atoms with Gasteiger partial charge >= 0.3 is 0 Å². The Morgan fingerprint density at radius 2 is 2.26 bits per heavy atom. The number of hydrogen-bond acceptors (Lipinski definition) is 4. The van der Waals surface area contributed by atoms with Crippen molar-refractivity contribution in [1.82, 2.24) is 9.80 Å². The van der Waals surface area contributed by atoms with E-state index in [1.807, 2.05) is 12.1 Å². The van der Waals surface area contributed by atoms with Gasteiger partial charge in [-0.15, -0.1) is 11.3 Å². The SMILES string of the molecule is CCC1CN(C)CCCN1CC(=O)c1ccc(Br)s1. The lowest BCUT2D eigenvalue weighted by atomic mass is 10.1. The van der Waals surface area contributed by atoms with Crippen LogP contribution in [0.1, 0.15) is 29.4 Å². The number of carbonyl (C=O) groups excluding carboxylic acids is 1. The highest BCUT2D eigenvalue weighted by Crippen LogP contribution is 2.23. The van der Waals surface area contributed by atoms with Gasteiger partial charge in [0.15, 0.2) is 5.78 Å². The number of hydrogen-bond donors (Lipinski definition) is 0. The first-order valence-corrected chi connectivity index (χ1v) is 8.42. The second-order valence-corrected chi connectivity index (χ2v) is 7.64. The molecule has 1 atom stereocenters. The molecule has 0 spiro atoms. The number of carbonyl (C=O) groups is 1. The van der Waals surface area contributed by atoms with Crippen molar-refractivity contribution in [3.63, 3.8) is 0 Å². The molecule has 1 aromatic rings. The van der Waals surface area contributed by atoms with E-state index in [0.717, 1.165) is 41.1 Å². The van der Waals surface area contributed by atoms with Gasteiger partial charge < -0.3 is 4.90 Å². The third-order valence-electron chi connectivity index (χ3n) is 3.69. The molecule has 1 aliphatic heterocycles. The fourth-order valence-electron chi connectivity index (χ4n) is 2.61. The third kappa shape index (κ3) is 4.12. The molecule has 0 radical (unpaired) electrons. The van der Waals surface area contributed by atoms with Gasteiger partial charge in [-0.2, -0.15) is 0 Å². The highest BCUT2D eigenvalue weighted by molar-refractivity contribution is 9.11. The van der Waals surface area contributed by atoms with Crippen molar-refractivity contribution in [2.45, 2.75) is 25.8 Å². The van der Waals surface area contributed by atoms with Gasteiger partial charge in [0.05, 0.1) is 15.2 Å². The predicted molar refractivity (Wildman–Crippen MR) is 84.1 cm³/mol. The average Bonchev–Trinajstić information content (AvgIpc) is 2.73. The van der Waals surface area contributed by atoms with E-state index < -0.39 is 0 Å². The molecule has 19 heavy (non-hydrogen) atoms. The Kier molecular flexibility index (Phi) is 5.57. The van der Waals surface area contributed by atoms with Crippen LogP contribution in [0, 0.1) is 0 Å². The number of halogens is 1. The molecule has 1 unspecified atom stereocenters. The van der Waals surface area contributed by atoms with E-state index in [1.165, 1.54) is 11.3 Å². The molecule has 1 aromatic heterocycles. The maximum Gasteiger partial charge on any atom is 0.186 e. The molecule has 1 fully saturated rings. The Bertz CT molecular complexity index is 435. The molecule has 3 nitrogen and oxygen atoms in total. The Balaban J connectivity index is 2.01. The summed E-state index contributed by atoms with van der Waals surface area (Å²) in [5.41, 5.74) is 0. The first-order valence-electron chi connectivity index (χ1n) is 6.81. The van der Waals surface area contributed by atoms with Crippen molar-refractivity contribution in [1.29, 1.82) is 0 Å². The van der Waals surface area contributed by atoms with Crippen molar-refractivity contribution in [2.75, 3.05) is 33.2 Å². The Morgan fingerprint density at radius 3 is 2.89 bits per heavy atom. The van der Waals surface area contributed by atoms with E-state index in [9.17, 15) is 4.79 Å². The minimum atomic E-state index is 0.249. The Labute approximate surface area is 127 Å². The number of likely N-dealkylation sites (N-methyl/N-ethyl adjacent to an activating group) is 1. The largest absolute Gasteiger partial charge is 0.305 e. The van der Waals surface area contributed by atoms with Crippen molar-refractivity contribution in [2.24, 2.45) is 0 Å². The molecule has 0 N–H and O–H groups in total. The fraction of sp³-hybridized carbons (Fsp3) is 0.643. The molecular weight excluding hydrogens is 324 g/mol. The minimum Gasteiger partial charge on any atom is -0.305 e. The number of Topliss-reactive ketones (excluding diaryl/α,β-unsaturated/α-hetero) is 1. The summed E-state index contributed by atoms with van der Waals surface area (Å²) in [4.78, 5) is 17.9. The standard InChI is InChI=1S/C14H21BrN2OS/c1-3-11-9-16(2)7-4-8-17(11)10-12(18)13-5-6-14(15)19-13/h5-6,11H,3-4,7-10H2,1-2H3. The van der Waals surface area contributed by atoms with Gasteiger partial charge in [0, 0.05) is 19.1 Å². The third-order valence-corrected chi connectivity index (χ3v) is 5.35. The second kappa shape index (κ2) is 6.97. The van der Waals surface area contributed by atoms with Crippen molar-refractivity contribution in [3.05, 3.63) is 20.8 Å². The van der Waals surface area contributed by atoms with E-state index in [-0.39, 0.29) is 5.78 Å². The van der Waals surface area contributed by atoms with E-state index in [1.54, 1.807) is 0 Å². The average molecular weight is 345 g/mol. The van der Waals surface area contributed by atoms with Gasteiger partial charge in [0.2, 0.25) is 0 Å². The van der Waals surface area contributed by atoms with Crippen molar-refractivity contribution in [3.8, 4) is 0 Å².